The molecule has 1 aromatic carbocycles. The van der Waals surface area contributed by atoms with Crippen LogP contribution in [0, 0.1) is 24.7 Å². The van der Waals surface area contributed by atoms with Gasteiger partial charge in [-0.25, -0.2) is 4.98 Å². The van der Waals surface area contributed by atoms with Crippen LogP contribution in [-0.4, -0.2) is 40.2 Å². The fourth-order valence-corrected chi connectivity index (χ4v) is 6.04. The van der Waals surface area contributed by atoms with E-state index in [2.05, 4.69) is 15.6 Å². The number of Topliss-reactive ketones (excluding diaryl/α,β-unsaturated/α-hetero) is 3. The van der Waals surface area contributed by atoms with Gasteiger partial charge in [0.2, 0.25) is 17.5 Å². The summed E-state index contributed by atoms with van der Waals surface area (Å²) in [5, 5.41) is 5.46. The lowest BCUT2D eigenvalue weighted by atomic mass is 9.80. The normalized spacial score (nSPS) is 19.2. The maximum atomic E-state index is 13.7. The van der Waals surface area contributed by atoms with Gasteiger partial charge in [-0.2, -0.15) is 0 Å². The van der Waals surface area contributed by atoms with E-state index < -0.39 is 35.5 Å². The number of rotatable bonds is 13. The number of aryl methyl sites for hydroxylation is 1. The minimum atomic E-state index is -1.15. The maximum Gasteiger partial charge on any atom is 0.289 e. The standard InChI is InChI=1S/C32H41N3O6/c1-21-19-34-32(41-21)28(37)18-25(16-22-10-4-2-5-11-22)30(39)35-26(17-24-14-8-9-15-27(24)36)29(38)31(40)33-20-23-12-6-3-7-13-23/h3,6-7,12-13,19,22,24-26H,2,4-5,8-11,14-18,20H2,1H3,(H,33,40)(H,35,39)/t24-,25+,26-/m0/s1. The number of hydrogen-bond acceptors (Lipinski definition) is 7. The third kappa shape index (κ3) is 8.93. The van der Waals surface area contributed by atoms with Gasteiger partial charge in [-0.3, -0.25) is 24.0 Å². The van der Waals surface area contributed by atoms with E-state index in [1.54, 1.807) is 6.92 Å². The molecule has 2 saturated carbocycles. The van der Waals surface area contributed by atoms with E-state index in [4.69, 9.17) is 4.42 Å². The zero-order valence-corrected chi connectivity index (χ0v) is 23.9. The summed E-state index contributed by atoms with van der Waals surface area (Å²) < 4.78 is 5.41. The highest BCUT2D eigenvalue weighted by molar-refractivity contribution is 6.38. The van der Waals surface area contributed by atoms with Gasteiger partial charge in [-0.05, 0) is 44.1 Å². The molecule has 0 unspecified atom stereocenters. The molecule has 2 aliphatic carbocycles. The minimum Gasteiger partial charge on any atom is -0.439 e. The van der Waals surface area contributed by atoms with Crippen molar-refractivity contribution in [2.24, 2.45) is 17.8 Å². The first-order valence-electron chi connectivity index (χ1n) is 14.9. The highest BCUT2D eigenvalue weighted by atomic mass is 16.4. The predicted octanol–water partition coefficient (Wildman–Crippen LogP) is 4.66. The third-order valence-corrected chi connectivity index (χ3v) is 8.36. The molecule has 41 heavy (non-hydrogen) atoms. The van der Waals surface area contributed by atoms with Gasteiger partial charge in [-0.1, -0.05) is 68.9 Å². The second kappa shape index (κ2) is 14.8. The Labute approximate surface area is 241 Å². The Morgan fingerprint density at radius 2 is 1.71 bits per heavy atom. The monoisotopic (exact) mass is 563 g/mol. The molecule has 1 heterocycles. The number of oxazole rings is 1. The Kier molecular flexibility index (Phi) is 11.0. The van der Waals surface area contributed by atoms with Gasteiger partial charge >= 0.3 is 0 Å². The molecule has 2 fully saturated rings. The van der Waals surface area contributed by atoms with E-state index in [1.807, 2.05) is 30.3 Å². The summed E-state index contributed by atoms with van der Waals surface area (Å²) in [5.74, 6) is -2.70. The van der Waals surface area contributed by atoms with Crippen LogP contribution in [-0.2, 0) is 25.7 Å². The molecule has 9 heteroatoms. The van der Waals surface area contributed by atoms with Crippen LogP contribution in [0.15, 0.2) is 40.9 Å². The van der Waals surface area contributed by atoms with E-state index in [0.29, 0.717) is 30.9 Å². The van der Waals surface area contributed by atoms with Crippen molar-refractivity contribution in [1.29, 1.82) is 0 Å². The van der Waals surface area contributed by atoms with Gasteiger partial charge in [0.1, 0.15) is 11.5 Å². The Morgan fingerprint density at radius 1 is 0.976 bits per heavy atom. The molecule has 220 valence electrons. The molecule has 0 saturated heterocycles. The number of nitrogens with one attached hydrogen (secondary N) is 2. The van der Waals surface area contributed by atoms with Gasteiger partial charge in [0.05, 0.1) is 12.2 Å². The summed E-state index contributed by atoms with van der Waals surface area (Å²) in [6, 6.07) is 8.07. The SMILES string of the molecule is Cc1cnc(C(=O)C[C@@H](CC2CCCCC2)C(=O)N[C@@H](C[C@@H]2CCCCC2=O)C(=O)C(=O)NCc2ccccc2)o1. The lowest BCUT2D eigenvalue weighted by molar-refractivity contribution is -0.141. The van der Waals surface area contributed by atoms with Crippen LogP contribution in [0.4, 0.5) is 0 Å². The molecule has 0 aliphatic heterocycles. The average molecular weight is 564 g/mol. The quantitative estimate of drug-likeness (QED) is 0.267. The smallest absolute Gasteiger partial charge is 0.289 e. The first-order valence-corrected chi connectivity index (χ1v) is 14.9. The largest absolute Gasteiger partial charge is 0.439 e. The number of aromatic nitrogens is 1. The third-order valence-electron chi connectivity index (χ3n) is 8.36. The van der Waals surface area contributed by atoms with Crippen LogP contribution in [0.2, 0.25) is 0 Å². The lowest BCUT2D eigenvalue weighted by Gasteiger charge is -2.28. The van der Waals surface area contributed by atoms with Crippen molar-refractivity contribution in [2.45, 2.75) is 96.6 Å². The van der Waals surface area contributed by atoms with E-state index >= 15 is 0 Å². The molecule has 1 aromatic heterocycles. The van der Waals surface area contributed by atoms with Crippen LogP contribution in [0.5, 0.6) is 0 Å². The van der Waals surface area contributed by atoms with E-state index in [1.165, 1.54) is 6.20 Å². The van der Waals surface area contributed by atoms with Crippen molar-refractivity contribution in [3.8, 4) is 0 Å². The first kappa shape index (κ1) is 30.3. The van der Waals surface area contributed by atoms with Gasteiger partial charge in [-0.15, -0.1) is 0 Å². The average Bonchev–Trinajstić information content (AvgIpc) is 3.43. The molecular formula is C32H41N3O6. The molecular weight excluding hydrogens is 522 g/mol. The molecule has 4 rings (SSSR count). The number of benzene rings is 1. The summed E-state index contributed by atoms with van der Waals surface area (Å²) in [5.41, 5.74) is 0.838. The number of amides is 2. The number of nitrogens with zero attached hydrogens (tertiary/aromatic N) is 1. The summed E-state index contributed by atoms with van der Waals surface area (Å²) in [6.07, 6.45) is 9.96. The highest BCUT2D eigenvalue weighted by Gasteiger charge is 2.36. The number of carbonyl (C=O) groups excluding carboxylic acids is 5. The number of ketones is 3. The maximum absolute atomic E-state index is 13.7. The van der Waals surface area contributed by atoms with Crippen LogP contribution in [0.1, 0.15) is 99.1 Å². The van der Waals surface area contributed by atoms with E-state index in [-0.39, 0.29) is 36.8 Å². The van der Waals surface area contributed by atoms with Crippen LogP contribution >= 0.6 is 0 Å². The van der Waals surface area contributed by atoms with E-state index in [0.717, 1.165) is 50.5 Å². The van der Waals surface area contributed by atoms with Gasteiger partial charge in [0.15, 0.2) is 0 Å². The Bertz CT molecular complexity index is 1220. The summed E-state index contributed by atoms with van der Waals surface area (Å²) in [6.45, 7) is 1.87. The Hall–Kier alpha value is -3.62. The van der Waals surface area contributed by atoms with Crippen LogP contribution < -0.4 is 10.6 Å². The fraction of sp³-hybridized carbons (Fsp3) is 0.562. The van der Waals surface area contributed by atoms with Gasteiger partial charge < -0.3 is 15.1 Å². The first-order chi connectivity index (χ1) is 19.8. The van der Waals surface area contributed by atoms with Crippen LogP contribution in [0.25, 0.3) is 0 Å². The molecule has 9 nitrogen and oxygen atoms in total. The molecule has 2 aliphatic rings. The van der Waals surface area contributed by atoms with Gasteiger partial charge in [0, 0.05) is 31.2 Å². The van der Waals surface area contributed by atoms with Crippen LogP contribution in [0.3, 0.4) is 0 Å². The lowest BCUT2D eigenvalue weighted by Crippen LogP contribution is -2.50. The van der Waals surface area contributed by atoms with E-state index in [9.17, 15) is 24.0 Å². The molecule has 3 atom stereocenters. The van der Waals surface area contributed by atoms with Gasteiger partial charge in [0.25, 0.3) is 11.8 Å². The zero-order valence-electron chi connectivity index (χ0n) is 23.9. The summed E-state index contributed by atoms with van der Waals surface area (Å²) >= 11 is 0. The molecule has 0 radical (unpaired) electrons. The van der Waals surface area contributed by atoms with Crippen molar-refractivity contribution in [3.63, 3.8) is 0 Å². The summed E-state index contributed by atoms with van der Waals surface area (Å²) in [7, 11) is 0. The van der Waals surface area contributed by atoms with Crippen molar-refractivity contribution in [1.82, 2.24) is 15.6 Å². The minimum absolute atomic E-state index is 0.0373. The molecule has 0 spiro atoms. The molecule has 2 N–H and O–H groups in total. The Balaban J connectivity index is 1.49. The second-order valence-electron chi connectivity index (χ2n) is 11.6. The van der Waals surface area contributed by atoms with Crippen molar-refractivity contribution < 1.29 is 28.4 Å². The van der Waals surface area contributed by atoms with Crippen molar-refractivity contribution >= 4 is 29.2 Å². The number of hydrogen-bond donors (Lipinski definition) is 2. The summed E-state index contributed by atoms with van der Waals surface area (Å²) in [4.78, 5) is 69.8. The van der Waals surface area contributed by atoms with Crippen molar-refractivity contribution in [2.75, 3.05) is 0 Å². The molecule has 2 amide bonds. The second-order valence-corrected chi connectivity index (χ2v) is 11.6. The zero-order chi connectivity index (χ0) is 29.2. The molecule has 0 bridgehead atoms. The predicted molar refractivity (Wildman–Crippen MR) is 152 cm³/mol. The Morgan fingerprint density at radius 3 is 2.39 bits per heavy atom. The fourth-order valence-electron chi connectivity index (χ4n) is 6.04. The highest BCUT2D eigenvalue weighted by Crippen LogP contribution is 2.31. The molecule has 2 aromatic rings. The van der Waals surface area contributed by atoms with Crippen molar-refractivity contribution in [3.05, 3.63) is 53.7 Å². The number of carbonyl (C=O) groups is 5. The topological polar surface area (TPSA) is 135 Å².